The summed E-state index contributed by atoms with van der Waals surface area (Å²) in [6.45, 7) is 6.99. The fraction of sp³-hybridized carbons (Fsp3) is 0.286. The summed E-state index contributed by atoms with van der Waals surface area (Å²) in [5, 5.41) is 12.3. The highest BCUT2D eigenvalue weighted by Crippen LogP contribution is 2.29. The molecule has 0 atom stereocenters. The van der Waals surface area contributed by atoms with Gasteiger partial charge in [-0.05, 0) is 18.1 Å². The molecule has 0 heterocycles. The zero-order valence-electron chi connectivity index (χ0n) is 14.3. The number of nitriles is 1. The molecule has 0 saturated carbocycles. The van der Waals surface area contributed by atoms with Gasteiger partial charge in [0.25, 0.3) is 0 Å². The molecule has 0 unspecified atom stereocenters. The maximum absolute atomic E-state index is 9.51. The summed E-state index contributed by atoms with van der Waals surface area (Å²) in [7, 11) is -1.84. The summed E-state index contributed by atoms with van der Waals surface area (Å²) < 4.78 is 0. The van der Waals surface area contributed by atoms with Crippen molar-refractivity contribution in [3.05, 3.63) is 71.8 Å². The standard InChI is InChI=1S/C21H25NSi/c1-4-5-7-16-21(20-15-11-10-12-18(20)17-22)23(2,3)19-13-8-6-9-14-19/h6,8-16H,4-5,7H2,1-3H3/b21-16+. The summed E-state index contributed by atoms with van der Waals surface area (Å²) >= 11 is 0. The van der Waals surface area contributed by atoms with Crippen molar-refractivity contribution >= 4 is 18.5 Å². The first-order valence-corrected chi connectivity index (χ1v) is 11.4. The second kappa shape index (κ2) is 7.94. The Balaban J connectivity index is 2.55. The Bertz CT molecular complexity index is 708. The van der Waals surface area contributed by atoms with Gasteiger partial charge in [0.1, 0.15) is 8.07 Å². The smallest absolute Gasteiger partial charge is 0.112 e. The molecule has 0 aliphatic heterocycles. The van der Waals surface area contributed by atoms with Crippen LogP contribution in [0.2, 0.25) is 13.1 Å². The Hall–Kier alpha value is -2.11. The predicted octanol–water partition coefficient (Wildman–Crippen LogP) is 5.29. The third-order valence-corrected chi connectivity index (χ3v) is 8.01. The van der Waals surface area contributed by atoms with Crippen molar-refractivity contribution in [2.45, 2.75) is 39.3 Å². The number of allylic oxidation sites excluding steroid dienone is 1. The average molecular weight is 320 g/mol. The number of benzene rings is 2. The first-order chi connectivity index (χ1) is 11.1. The van der Waals surface area contributed by atoms with Crippen LogP contribution in [0.25, 0.3) is 5.20 Å². The molecule has 0 bridgehead atoms. The van der Waals surface area contributed by atoms with Gasteiger partial charge in [0.2, 0.25) is 0 Å². The number of rotatable bonds is 6. The summed E-state index contributed by atoms with van der Waals surface area (Å²) in [4.78, 5) is 0. The molecular formula is C21H25NSi. The minimum absolute atomic E-state index is 0.784. The second-order valence-corrected chi connectivity index (χ2v) is 10.8. The summed E-state index contributed by atoms with van der Waals surface area (Å²) in [6, 6.07) is 21.2. The Labute approximate surface area is 141 Å². The van der Waals surface area contributed by atoms with Crippen LogP contribution in [-0.4, -0.2) is 8.07 Å². The Kier molecular flexibility index (Phi) is 5.95. The van der Waals surface area contributed by atoms with Gasteiger partial charge < -0.3 is 0 Å². The molecule has 2 rings (SSSR count). The van der Waals surface area contributed by atoms with E-state index in [1.807, 2.05) is 18.2 Å². The highest BCUT2D eigenvalue weighted by Gasteiger charge is 2.30. The first-order valence-electron chi connectivity index (χ1n) is 8.37. The molecular weight excluding hydrogens is 294 g/mol. The van der Waals surface area contributed by atoms with Crippen LogP contribution in [0.15, 0.2) is 60.7 Å². The SMILES string of the molecule is CCCC/C=C(\c1ccccc1C#N)[Si](C)(C)c1ccccc1. The maximum Gasteiger partial charge on any atom is 0.112 e. The lowest BCUT2D eigenvalue weighted by Gasteiger charge is -2.28. The molecule has 0 amide bonds. The van der Waals surface area contributed by atoms with Gasteiger partial charge in [-0.3, -0.25) is 0 Å². The van der Waals surface area contributed by atoms with Crippen molar-refractivity contribution in [3.8, 4) is 6.07 Å². The number of nitrogens with zero attached hydrogens (tertiary/aromatic N) is 1. The van der Waals surface area contributed by atoms with Crippen molar-refractivity contribution in [1.82, 2.24) is 0 Å². The molecule has 0 aliphatic rings. The zero-order valence-corrected chi connectivity index (χ0v) is 15.3. The maximum atomic E-state index is 9.51. The molecule has 2 aromatic rings. The lowest BCUT2D eigenvalue weighted by Crippen LogP contribution is -2.43. The van der Waals surface area contributed by atoms with E-state index in [4.69, 9.17) is 0 Å². The van der Waals surface area contributed by atoms with Gasteiger partial charge in [-0.1, -0.05) is 97.8 Å². The monoisotopic (exact) mass is 319 g/mol. The van der Waals surface area contributed by atoms with Crippen LogP contribution in [0.1, 0.15) is 37.3 Å². The molecule has 0 N–H and O–H groups in total. The van der Waals surface area contributed by atoms with Crippen LogP contribution >= 0.6 is 0 Å². The van der Waals surface area contributed by atoms with Crippen LogP contribution < -0.4 is 5.19 Å². The third kappa shape index (κ3) is 4.00. The van der Waals surface area contributed by atoms with Crippen LogP contribution in [0, 0.1) is 11.3 Å². The second-order valence-electron chi connectivity index (χ2n) is 6.41. The van der Waals surface area contributed by atoms with Crippen LogP contribution in [0.5, 0.6) is 0 Å². The number of hydrogen-bond acceptors (Lipinski definition) is 1. The topological polar surface area (TPSA) is 23.8 Å². The van der Waals surface area contributed by atoms with Gasteiger partial charge >= 0.3 is 0 Å². The van der Waals surface area contributed by atoms with E-state index in [2.05, 4.69) is 68.6 Å². The highest BCUT2D eigenvalue weighted by atomic mass is 28.3. The number of unbranched alkanes of at least 4 members (excludes halogenated alkanes) is 2. The van der Waals surface area contributed by atoms with Crippen LogP contribution in [0.4, 0.5) is 0 Å². The molecule has 2 aromatic carbocycles. The van der Waals surface area contributed by atoms with E-state index in [9.17, 15) is 5.26 Å². The summed E-state index contributed by atoms with van der Waals surface area (Å²) in [5.41, 5.74) is 1.90. The van der Waals surface area contributed by atoms with Crippen molar-refractivity contribution in [1.29, 1.82) is 5.26 Å². The highest BCUT2D eigenvalue weighted by molar-refractivity contribution is 7.04. The van der Waals surface area contributed by atoms with E-state index < -0.39 is 8.07 Å². The average Bonchev–Trinajstić information content (AvgIpc) is 2.59. The van der Waals surface area contributed by atoms with Gasteiger partial charge in [-0.2, -0.15) is 5.26 Å². The fourth-order valence-electron chi connectivity index (χ4n) is 2.98. The Morgan fingerprint density at radius 1 is 1.04 bits per heavy atom. The molecule has 0 saturated heterocycles. The molecule has 0 radical (unpaired) electrons. The van der Waals surface area contributed by atoms with E-state index in [-0.39, 0.29) is 0 Å². The first kappa shape index (κ1) is 17.2. The van der Waals surface area contributed by atoms with Gasteiger partial charge in [0.05, 0.1) is 11.6 Å². The Morgan fingerprint density at radius 3 is 2.35 bits per heavy atom. The van der Waals surface area contributed by atoms with E-state index >= 15 is 0 Å². The van der Waals surface area contributed by atoms with Gasteiger partial charge in [-0.25, -0.2) is 0 Å². The molecule has 118 valence electrons. The van der Waals surface area contributed by atoms with Gasteiger partial charge in [-0.15, -0.1) is 0 Å². The molecule has 0 aromatic heterocycles. The van der Waals surface area contributed by atoms with E-state index in [1.165, 1.54) is 23.2 Å². The predicted molar refractivity (Wildman–Crippen MR) is 102 cm³/mol. The van der Waals surface area contributed by atoms with Crippen molar-refractivity contribution in [2.75, 3.05) is 0 Å². The van der Waals surface area contributed by atoms with Crippen molar-refractivity contribution < 1.29 is 0 Å². The van der Waals surface area contributed by atoms with E-state index in [0.29, 0.717) is 0 Å². The quantitative estimate of drug-likeness (QED) is 0.524. The van der Waals surface area contributed by atoms with Crippen LogP contribution in [0.3, 0.4) is 0 Å². The van der Waals surface area contributed by atoms with Crippen LogP contribution in [-0.2, 0) is 0 Å². The normalized spacial score (nSPS) is 12.0. The largest absolute Gasteiger partial charge is 0.192 e. The molecule has 2 heteroatoms. The minimum atomic E-state index is -1.84. The Morgan fingerprint density at radius 2 is 1.70 bits per heavy atom. The van der Waals surface area contributed by atoms with Gasteiger partial charge in [0.15, 0.2) is 0 Å². The van der Waals surface area contributed by atoms with Gasteiger partial charge in [0, 0.05) is 0 Å². The molecule has 1 nitrogen and oxygen atoms in total. The number of hydrogen-bond donors (Lipinski definition) is 0. The molecule has 0 spiro atoms. The molecule has 0 aliphatic carbocycles. The lowest BCUT2D eigenvalue weighted by atomic mass is 10.1. The molecule has 23 heavy (non-hydrogen) atoms. The summed E-state index contributed by atoms with van der Waals surface area (Å²) in [6.07, 6.45) is 5.85. The zero-order chi connectivity index (χ0) is 16.7. The minimum Gasteiger partial charge on any atom is -0.192 e. The third-order valence-electron chi connectivity index (χ3n) is 4.41. The van der Waals surface area contributed by atoms with Crippen molar-refractivity contribution in [3.63, 3.8) is 0 Å². The lowest BCUT2D eigenvalue weighted by molar-refractivity contribution is 0.816. The molecule has 0 fully saturated rings. The van der Waals surface area contributed by atoms with Crippen molar-refractivity contribution in [2.24, 2.45) is 0 Å². The van der Waals surface area contributed by atoms with E-state index in [1.54, 1.807) is 0 Å². The van der Waals surface area contributed by atoms with E-state index in [0.717, 1.165) is 17.5 Å². The summed E-state index contributed by atoms with van der Waals surface area (Å²) in [5.74, 6) is 0. The fourth-order valence-corrected chi connectivity index (χ4v) is 5.86.